The third kappa shape index (κ3) is 3.77. The van der Waals surface area contributed by atoms with Crippen LogP contribution in [0.1, 0.15) is 5.82 Å². The van der Waals surface area contributed by atoms with E-state index in [0.717, 1.165) is 6.07 Å². The molecule has 0 saturated carbocycles. The number of rotatable bonds is 2. The first-order chi connectivity index (χ1) is 8.84. The average Bonchev–Trinajstić information content (AvgIpc) is 2.26. The van der Waals surface area contributed by atoms with Gasteiger partial charge in [0.05, 0.1) is 6.20 Å². The molecular weight excluding hydrogens is 350 g/mol. The third-order valence-corrected chi connectivity index (χ3v) is 2.45. The van der Waals surface area contributed by atoms with E-state index in [4.69, 9.17) is 16.3 Å². The predicted octanol–water partition coefficient (Wildman–Crippen LogP) is 4.10. The highest BCUT2D eigenvalue weighted by Crippen LogP contribution is 2.30. The van der Waals surface area contributed by atoms with Crippen molar-refractivity contribution in [1.82, 2.24) is 15.0 Å². The van der Waals surface area contributed by atoms with Crippen LogP contribution < -0.4 is 4.74 Å². The van der Waals surface area contributed by atoms with Crippen LogP contribution in [0.3, 0.4) is 0 Å². The lowest BCUT2D eigenvalue weighted by Gasteiger charge is -2.08. The van der Waals surface area contributed by atoms with E-state index in [-0.39, 0.29) is 16.8 Å². The molecule has 4 nitrogen and oxygen atoms in total. The second-order valence-corrected chi connectivity index (χ2v) is 4.59. The van der Waals surface area contributed by atoms with Gasteiger partial charge in [0, 0.05) is 16.7 Å². The number of nitrogens with zero attached hydrogens (tertiary/aromatic N) is 3. The molecule has 2 rings (SSSR count). The van der Waals surface area contributed by atoms with E-state index in [9.17, 15) is 13.2 Å². The molecule has 2 aromatic heterocycles. The Kier molecular flexibility index (Phi) is 3.91. The van der Waals surface area contributed by atoms with Gasteiger partial charge in [-0.25, -0.2) is 4.98 Å². The van der Waals surface area contributed by atoms with Crippen LogP contribution in [-0.4, -0.2) is 15.0 Å². The smallest absolute Gasteiger partial charge is 0.437 e. The van der Waals surface area contributed by atoms with E-state index >= 15 is 0 Å². The Bertz CT molecular complexity index is 609. The van der Waals surface area contributed by atoms with Gasteiger partial charge in [-0.2, -0.15) is 18.2 Å². The van der Waals surface area contributed by atoms with Crippen molar-refractivity contribution in [2.24, 2.45) is 0 Å². The minimum absolute atomic E-state index is 0.220. The van der Waals surface area contributed by atoms with Crippen molar-refractivity contribution < 1.29 is 17.9 Å². The Morgan fingerprint density at radius 1 is 1.16 bits per heavy atom. The summed E-state index contributed by atoms with van der Waals surface area (Å²) in [6.45, 7) is 0. The summed E-state index contributed by atoms with van der Waals surface area (Å²) in [6, 6.07) is 2.61. The summed E-state index contributed by atoms with van der Waals surface area (Å²) < 4.78 is 43.2. The Labute approximate surface area is 118 Å². The molecule has 100 valence electrons. The van der Waals surface area contributed by atoms with Crippen LogP contribution in [0.15, 0.2) is 29.0 Å². The fraction of sp³-hybridized carbons (Fsp3) is 0.100. The maximum absolute atomic E-state index is 12.5. The zero-order valence-corrected chi connectivity index (χ0v) is 11.3. The molecule has 0 spiro atoms. The summed E-state index contributed by atoms with van der Waals surface area (Å²) in [7, 11) is 0. The fourth-order valence-electron chi connectivity index (χ4n) is 1.14. The Morgan fingerprint density at radius 2 is 1.89 bits per heavy atom. The summed E-state index contributed by atoms with van der Waals surface area (Å²) in [5.74, 6) is -1.46. The molecule has 0 radical (unpaired) electrons. The van der Waals surface area contributed by atoms with Gasteiger partial charge < -0.3 is 4.74 Å². The number of hydrogen-bond donors (Lipinski definition) is 0. The van der Waals surface area contributed by atoms with Crippen molar-refractivity contribution in [3.05, 3.63) is 40.0 Å². The van der Waals surface area contributed by atoms with Gasteiger partial charge in [0.25, 0.3) is 0 Å². The lowest BCUT2D eigenvalue weighted by Crippen LogP contribution is -2.11. The molecule has 0 aliphatic rings. The first kappa shape index (κ1) is 14.0. The number of hydrogen-bond acceptors (Lipinski definition) is 4. The van der Waals surface area contributed by atoms with Gasteiger partial charge in [-0.05, 0) is 22.0 Å². The predicted molar refractivity (Wildman–Crippen MR) is 64.1 cm³/mol. The number of alkyl halides is 3. The van der Waals surface area contributed by atoms with E-state index in [2.05, 4.69) is 30.9 Å². The largest absolute Gasteiger partial charge is 0.451 e. The Balaban J connectivity index is 2.33. The topological polar surface area (TPSA) is 47.9 Å². The van der Waals surface area contributed by atoms with Crippen LogP contribution in [-0.2, 0) is 6.18 Å². The molecule has 2 aromatic rings. The second kappa shape index (κ2) is 5.30. The number of pyridine rings is 1. The molecule has 0 aromatic carbocycles. The summed E-state index contributed by atoms with van der Waals surface area (Å²) in [5, 5.41) is -0.361. The van der Waals surface area contributed by atoms with Gasteiger partial charge in [0.15, 0.2) is 0 Å². The van der Waals surface area contributed by atoms with Crippen LogP contribution in [0.4, 0.5) is 13.2 Å². The van der Waals surface area contributed by atoms with E-state index < -0.39 is 12.0 Å². The second-order valence-electron chi connectivity index (χ2n) is 3.29. The molecular formula is C10H4BrClF3N3O. The zero-order valence-electron chi connectivity index (χ0n) is 8.95. The Morgan fingerprint density at radius 3 is 2.53 bits per heavy atom. The van der Waals surface area contributed by atoms with Gasteiger partial charge in [0.1, 0.15) is 10.9 Å². The van der Waals surface area contributed by atoms with Gasteiger partial charge >= 0.3 is 6.18 Å². The first-order valence-corrected chi connectivity index (χ1v) is 5.92. The van der Waals surface area contributed by atoms with Crippen molar-refractivity contribution in [2.45, 2.75) is 6.18 Å². The molecule has 0 bridgehead atoms. The number of aromatic nitrogens is 3. The monoisotopic (exact) mass is 353 g/mol. The van der Waals surface area contributed by atoms with E-state index in [1.807, 2.05) is 0 Å². The first-order valence-electron chi connectivity index (χ1n) is 4.75. The SMILES string of the molecule is FC(F)(F)c1nc(Cl)cc(Oc2cncc(Br)c2)n1. The van der Waals surface area contributed by atoms with Gasteiger partial charge in [-0.15, -0.1) is 0 Å². The molecule has 19 heavy (non-hydrogen) atoms. The van der Waals surface area contributed by atoms with Crippen LogP contribution in [0.25, 0.3) is 0 Å². The molecule has 0 fully saturated rings. The highest BCUT2D eigenvalue weighted by molar-refractivity contribution is 9.10. The quantitative estimate of drug-likeness (QED) is 0.762. The van der Waals surface area contributed by atoms with Crippen LogP contribution in [0, 0.1) is 0 Å². The Hall–Kier alpha value is -1.41. The summed E-state index contributed by atoms with van der Waals surface area (Å²) in [6.07, 6.45) is -1.87. The molecule has 2 heterocycles. The van der Waals surface area contributed by atoms with Crippen LogP contribution in [0.2, 0.25) is 5.15 Å². The molecule has 0 amide bonds. The van der Waals surface area contributed by atoms with Gasteiger partial charge in [-0.1, -0.05) is 11.6 Å². The minimum Gasteiger partial charge on any atom is -0.437 e. The maximum atomic E-state index is 12.5. The fourth-order valence-corrected chi connectivity index (χ4v) is 1.66. The van der Waals surface area contributed by atoms with Crippen molar-refractivity contribution >= 4 is 27.5 Å². The van der Waals surface area contributed by atoms with Crippen molar-refractivity contribution in [3.63, 3.8) is 0 Å². The third-order valence-electron chi connectivity index (χ3n) is 1.83. The maximum Gasteiger partial charge on any atom is 0.451 e. The van der Waals surface area contributed by atoms with Gasteiger partial charge in [-0.3, -0.25) is 4.98 Å². The summed E-state index contributed by atoms with van der Waals surface area (Å²) in [5.41, 5.74) is 0. The number of ether oxygens (including phenoxy) is 1. The van der Waals surface area contributed by atoms with Crippen LogP contribution >= 0.6 is 27.5 Å². The minimum atomic E-state index is -4.70. The van der Waals surface area contributed by atoms with Crippen LogP contribution in [0.5, 0.6) is 11.6 Å². The molecule has 0 N–H and O–H groups in total. The van der Waals surface area contributed by atoms with Gasteiger partial charge in [0.2, 0.25) is 11.7 Å². The van der Waals surface area contributed by atoms with E-state index in [1.165, 1.54) is 18.5 Å². The zero-order chi connectivity index (χ0) is 14.0. The average molecular weight is 355 g/mol. The van der Waals surface area contributed by atoms with Crippen molar-refractivity contribution in [1.29, 1.82) is 0 Å². The normalized spacial score (nSPS) is 11.4. The standard InChI is InChI=1S/C10H4BrClF3N3O/c11-5-1-6(4-16-3-5)19-8-2-7(12)17-9(18-8)10(13,14)15/h1-4H. The molecule has 0 saturated heterocycles. The molecule has 0 atom stereocenters. The highest BCUT2D eigenvalue weighted by atomic mass is 79.9. The van der Waals surface area contributed by atoms with E-state index in [1.54, 1.807) is 0 Å². The van der Waals surface area contributed by atoms with Crippen molar-refractivity contribution in [3.8, 4) is 11.6 Å². The molecule has 9 heteroatoms. The number of halogens is 5. The molecule has 0 aliphatic heterocycles. The summed E-state index contributed by atoms with van der Waals surface area (Å²) >= 11 is 8.65. The van der Waals surface area contributed by atoms with E-state index in [0.29, 0.717) is 4.47 Å². The highest BCUT2D eigenvalue weighted by Gasteiger charge is 2.35. The summed E-state index contributed by atoms with van der Waals surface area (Å²) in [4.78, 5) is 10.1. The molecule has 0 unspecified atom stereocenters. The van der Waals surface area contributed by atoms with Crippen molar-refractivity contribution in [2.75, 3.05) is 0 Å². The molecule has 0 aliphatic carbocycles. The lowest BCUT2D eigenvalue weighted by molar-refractivity contribution is -0.145. The lowest BCUT2D eigenvalue weighted by atomic mass is 10.4.